The Hall–Kier alpha value is -0.680. The van der Waals surface area contributed by atoms with Crippen molar-refractivity contribution in [1.29, 1.82) is 0 Å². The number of nitrogens with two attached hydrogens (primary N) is 2. The van der Waals surface area contributed by atoms with Crippen LogP contribution < -0.4 is 11.5 Å². The van der Waals surface area contributed by atoms with Gasteiger partial charge in [-0.25, -0.2) is 9.97 Å². The van der Waals surface area contributed by atoms with E-state index in [0.717, 1.165) is 5.56 Å². The van der Waals surface area contributed by atoms with Crippen LogP contribution in [0.2, 0.25) is 0 Å². The molecule has 0 amide bonds. The van der Waals surface area contributed by atoms with Crippen LogP contribution in [0.4, 0.5) is 5.95 Å². The van der Waals surface area contributed by atoms with Gasteiger partial charge in [-0.3, -0.25) is 0 Å². The summed E-state index contributed by atoms with van der Waals surface area (Å²) in [6.45, 7) is 0.418. The van der Waals surface area contributed by atoms with Crippen molar-refractivity contribution >= 4 is 21.9 Å². The van der Waals surface area contributed by atoms with Crippen molar-refractivity contribution in [2.75, 3.05) is 5.73 Å². The molecule has 10 heavy (non-hydrogen) atoms. The van der Waals surface area contributed by atoms with Gasteiger partial charge in [0.2, 0.25) is 5.95 Å². The van der Waals surface area contributed by atoms with E-state index in [4.69, 9.17) is 11.5 Å². The second-order valence-electron chi connectivity index (χ2n) is 1.75. The van der Waals surface area contributed by atoms with Crippen molar-refractivity contribution in [1.82, 2.24) is 9.97 Å². The first-order valence-corrected chi connectivity index (χ1v) is 3.50. The van der Waals surface area contributed by atoms with E-state index in [1.807, 2.05) is 0 Å². The third kappa shape index (κ3) is 1.43. The Labute approximate surface area is 66.8 Å². The van der Waals surface area contributed by atoms with Crippen LogP contribution in [-0.2, 0) is 6.54 Å². The molecule has 0 spiro atoms. The molecule has 4 nitrogen and oxygen atoms in total. The Bertz CT molecular complexity index is 237. The second kappa shape index (κ2) is 2.94. The number of anilines is 1. The number of rotatable bonds is 1. The molecule has 0 unspecified atom stereocenters. The molecule has 0 bridgehead atoms. The summed E-state index contributed by atoms with van der Waals surface area (Å²) in [6.07, 6.45) is 1.60. The highest BCUT2D eigenvalue weighted by Gasteiger charge is 1.98. The molecular formula is C5H7BrN4. The fourth-order valence-corrected chi connectivity index (χ4v) is 0.981. The first-order valence-electron chi connectivity index (χ1n) is 2.71. The topological polar surface area (TPSA) is 77.8 Å². The normalized spacial score (nSPS) is 9.80. The van der Waals surface area contributed by atoms with Gasteiger partial charge in [0.25, 0.3) is 0 Å². The smallest absolute Gasteiger partial charge is 0.221 e. The van der Waals surface area contributed by atoms with Gasteiger partial charge in [0, 0.05) is 18.3 Å². The van der Waals surface area contributed by atoms with Crippen LogP contribution in [0.3, 0.4) is 0 Å². The molecule has 1 aromatic rings. The summed E-state index contributed by atoms with van der Waals surface area (Å²) in [6, 6.07) is 0. The zero-order valence-electron chi connectivity index (χ0n) is 5.21. The minimum absolute atomic E-state index is 0.254. The molecule has 1 aromatic heterocycles. The molecule has 0 aromatic carbocycles. The minimum atomic E-state index is 0.254. The van der Waals surface area contributed by atoms with E-state index in [-0.39, 0.29) is 5.95 Å². The van der Waals surface area contributed by atoms with Gasteiger partial charge in [-0.15, -0.1) is 0 Å². The van der Waals surface area contributed by atoms with Crippen LogP contribution in [0.25, 0.3) is 0 Å². The molecule has 0 atom stereocenters. The summed E-state index contributed by atoms with van der Waals surface area (Å²) < 4.78 is 0.669. The lowest BCUT2D eigenvalue weighted by Gasteiger charge is -1.98. The van der Waals surface area contributed by atoms with Crippen LogP contribution in [0, 0.1) is 0 Å². The number of nitrogens with zero attached hydrogens (tertiary/aromatic N) is 2. The molecule has 0 aliphatic heterocycles. The largest absolute Gasteiger partial charge is 0.368 e. The lowest BCUT2D eigenvalue weighted by Crippen LogP contribution is -2.02. The van der Waals surface area contributed by atoms with Crippen LogP contribution in [0.5, 0.6) is 0 Å². The number of hydrogen-bond acceptors (Lipinski definition) is 4. The monoisotopic (exact) mass is 202 g/mol. The number of hydrogen-bond donors (Lipinski definition) is 2. The fraction of sp³-hybridized carbons (Fsp3) is 0.200. The summed E-state index contributed by atoms with van der Waals surface area (Å²) in [4.78, 5) is 7.62. The first-order chi connectivity index (χ1) is 4.74. The third-order valence-corrected chi connectivity index (χ3v) is 1.74. The van der Waals surface area contributed by atoms with E-state index in [1.54, 1.807) is 6.20 Å². The van der Waals surface area contributed by atoms with Crippen LogP contribution in [0.1, 0.15) is 5.56 Å². The average molecular weight is 203 g/mol. The van der Waals surface area contributed by atoms with Gasteiger partial charge in [-0.2, -0.15) is 0 Å². The first kappa shape index (κ1) is 7.43. The molecule has 1 heterocycles. The predicted octanol–water partition coefficient (Wildman–Crippen LogP) is 0.280. The maximum absolute atomic E-state index is 5.35. The lowest BCUT2D eigenvalue weighted by molar-refractivity contribution is 0.995. The minimum Gasteiger partial charge on any atom is -0.368 e. The molecule has 5 heteroatoms. The highest BCUT2D eigenvalue weighted by Crippen LogP contribution is 2.11. The van der Waals surface area contributed by atoms with Crippen molar-refractivity contribution in [3.05, 3.63) is 16.4 Å². The Morgan fingerprint density at radius 2 is 2.30 bits per heavy atom. The van der Waals surface area contributed by atoms with Crippen molar-refractivity contribution in [2.45, 2.75) is 6.54 Å². The van der Waals surface area contributed by atoms with Crippen LogP contribution in [0.15, 0.2) is 10.8 Å². The summed E-state index contributed by atoms with van der Waals surface area (Å²) in [5.74, 6) is 0.254. The maximum atomic E-state index is 5.35. The number of aromatic nitrogens is 2. The van der Waals surface area contributed by atoms with Gasteiger partial charge in [-0.05, 0) is 15.9 Å². The van der Waals surface area contributed by atoms with Crippen LogP contribution in [-0.4, -0.2) is 9.97 Å². The van der Waals surface area contributed by atoms with Crippen LogP contribution >= 0.6 is 15.9 Å². The van der Waals surface area contributed by atoms with Crippen molar-refractivity contribution in [2.24, 2.45) is 5.73 Å². The van der Waals surface area contributed by atoms with Gasteiger partial charge in [-0.1, -0.05) is 0 Å². The summed E-state index contributed by atoms with van der Waals surface area (Å²) in [7, 11) is 0. The van der Waals surface area contributed by atoms with Gasteiger partial charge in [0.1, 0.15) is 4.60 Å². The van der Waals surface area contributed by atoms with E-state index >= 15 is 0 Å². The summed E-state index contributed by atoms with van der Waals surface area (Å²) >= 11 is 3.20. The highest BCUT2D eigenvalue weighted by atomic mass is 79.9. The highest BCUT2D eigenvalue weighted by molar-refractivity contribution is 9.10. The molecule has 0 saturated carbocycles. The Morgan fingerprint density at radius 1 is 1.60 bits per heavy atom. The summed E-state index contributed by atoms with van der Waals surface area (Å²) in [5, 5.41) is 0. The second-order valence-corrected chi connectivity index (χ2v) is 2.50. The summed E-state index contributed by atoms with van der Waals surface area (Å²) in [5.41, 5.74) is 11.5. The fourth-order valence-electron chi connectivity index (χ4n) is 0.535. The lowest BCUT2D eigenvalue weighted by atomic mass is 10.3. The quantitative estimate of drug-likeness (QED) is 0.642. The molecule has 0 saturated heterocycles. The average Bonchev–Trinajstić information content (AvgIpc) is 1.88. The Morgan fingerprint density at radius 3 is 2.80 bits per heavy atom. The van der Waals surface area contributed by atoms with Gasteiger partial charge >= 0.3 is 0 Å². The molecule has 54 valence electrons. The maximum Gasteiger partial charge on any atom is 0.221 e. The van der Waals surface area contributed by atoms with Gasteiger partial charge in [0.15, 0.2) is 0 Å². The SMILES string of the molecule is NCc1cnc(N)nc1Br. The zero-order chi connectivity index (χ0) is 7.56. The van der Waals surface area contributed by atoms with E-state index in [1.165, 1.54) is 0 Å². The standard InChI is InChI=1S/C5H7BrN4/c6-4-3(1-7)2-9-5(8)10-4/h2H,1,7H2,(H2,8,9,10). The van der Waals surface area contributed by atoms with Crippen molar-refractivity contribution in [3.63, 3.8) is 0 Å². The molecule has 4 N–H and O–H groups in total. The van der Waals surface area contributed by atoms with E-state index in [9.17, 15) is 0 Å². The molecule has 0 fully saturated rings. The Balaban J connectivity index is 3.07. The number of halogens is 1. The van der Waals surface area contributed by atoms with Gasteiger partial charge < -0.3 is 11.5 Å². The predicted molar refractivity (Wildman–Crippen MR) is 42.0 cm³/mol. The van der Waals surface area contributed by atoms with Crippen molar-refractivity contribution < 1.29 is 0 Å². The molecule has 0 aliphatic rings. The molecular weight excluding hydrogens is 196 g/mol. The van der Waals surface area contributed by atoms with E-state index < -0.39 is 0 Å². The zero-order valence-corrected chi connectivity index (χ0v) is 6.80. The van der Waals surface area contributed by atoms with Gasteiger partial charge in [0.05, 0.1) is 0 Å². The molecule has 1 rings (SSSR count). The van der Waals surface area contributed by atoms with E-state index in [0.29, 0.717) is 11.1 Å². The number of nitrogen functional groups attached to an aromatic ring is 1. The third-order valence-electron chi connectivity index (χ3n) is 1.05. The molecule has 0 radical (unpaired) electrons. The molecule has 0 aliphatic carbocycles. The Kier molecular flexibility index (Phi) is 2.18. The van der Waals surface area contributed by atoms with Crippen molar-refractivity contribution in [3.8, 4) is 0 Å². The van der Waals surface area contributed by atoms with E-state index in [2.05, 4.69) is 25.9 Å².